The van der Waals surface area contributed by atoms with Gasteiger partial charge in [-0.2, -0.15) is 5.10 Å². The zero-order chi connectivity index (χ0) is 15.9. The molecule has 0 spiro atoms. The molecule has 2 aromatic heterocycles. The van der Waals surface area contributed by atoms with Crippen LogP contribution in [0.3, 0.4) is 0 Å². The molecule has 0 aliphatic heterocycles. The molecule has 22 heavy (non-hydrogen) atoms. The van der Waals surface area contributed by atoms with Crippen LogP contribution < -0.4 is 5.32 Å². The van der Waals surface area contributed by atoms with Crippen molar-refractivity contribution < 1.29 is 9.53 Å². The predicted octanol–water partition coefficient (Wildman–Crippen LogP) is 3.31. The second kappa shape index (κ2) is 5.43. The highest BCUT2D eigenvalue weighted by Crippen LogP contribution is 2.34. The van der Waals surface area contributed by atoms with Crippen LogP contribution in [0.1, 0.15) is 39.7 Å². The fourth-order valence-electron chi connectivity index (χ4n) is 2.59. The van der Waals surface area contributed by atoms with Crippen LogP contribution in [0.25, 0.3) is 10.9 Å². The van der Waals surface area contributed by atoms with Crippen LogP contribution in [0, 0.1) is 0 Å². The van der Waals surface area contributed by atoms with Crippen molar-refractivity contribution >= 4 is 28.6 Å². The molecule has 1 aliphatic rings. The van der Waals surface area contributed by atoms with E-state index in [4.69, 9.17) is 16.3 Å². The Hall–Kier alpha value is -1.82. The number of rotatable bonds is 2. The number of halogens is 1. The standard InChI is InChI=1S/C15H19ClN4O2/c1-15(2,3)22-14(21)19-10-4-11(5-10)20-12-6-13(16)17-7-9(12)8-18-20/h6-8,10-11H,4-5H2,1-3H3,(H,19,21)/t10-,11-. The van der Waals surface area contributed by atoms with E-state index in [0.29, 0.717) is 5.15 Å². The summed E-state index contributed by atoms with van der Waals surface area (Å²) in [6.45, 7) is 5.55. The Labute approximate surface area is 133 Å². The minimum atomic E-state index is -0.477. The van der Waals surface area contributed by atoms with E-state index in [-0.39, 0.29) is 18.2 Å². The molecule has 0 bridgehead atoms. The number of aromatic nitrogens is 3. The van der Waals surface area contributed by atoms with E-state index in [9.17, 15) is 4.79 Å². The van der Waals surface area contributed by atoms with E-state index in [1.54, 1.807) is 12.4 Å². The van der Waals surface area contributed by atoms with Gasteiger partial charge in [-0.05, 0) is 33.6 Å². The number of pyridine rings is 1. The number of nitrogens with zero attached hydrogens (tertiary/aromatic N) is 3. The van der Waals surface area contributed by atoms with Crippen molar-refractivity contribution in [3.8, 4) is 0 Å². The maximum atomic E-state index is 11.7. The van der Waals surface area contributed by atoms with E-state index in [0.717, 1.165) is 23.7 Å². The van der Waals surface area contributed by atoms with Crippen LogP contribution in [0.5, 0.6) is 0 Å². The molecule has 1 fully saturated rings. The van der Waals surface area contributed by atoms with Crippen LogP contribution >= 0.6 is 11.6 Å². The summed E-state index contributed by atoms with van der Waals surface area (Å²) >= 11 is 5.95. The second-order valence-electron chi connectivity index (χ2n) is 6.62. The molecule has 0 atom stereocenters. The first kappa shape index (κ1) is 15.1. The molecule has 0 saturated heterocycles. The summed E-state index contributed by atoms with van der Waals surface area (Å²) < 4.78 is 7.21. The van der Waals surface area contributed by atoms with Crippen LogP contribution in [-0.4, -0.2) is 32.5 Å². The number of fused-ring (bicyclic) bond motifs is 1. The average Bonchev–Trinajstić information content (AvgIpc) is 2.73. The van der Waals surface area contributed by atoms with Gasteiger partial charge in [0.05, 0.1) is 17.8 Å². The quantitative estimate of drug-likeness (QED) is 0.861. The Balaban J connectivity index is 1.61. The highest BCUT2D eigenvalue weighted by Gasteiger charge is 2.34. The first-order valence-corrected chi connectivity index (χ1v) is 7.68. The second-order valence-corrected chi connectivity index (χ2v) is 7.01. The van der Waals surface area contributed by atoms with Gasteiger partial charge >= 0.3 is 6.09 Å². The number of hydrogen-bond donors (Lipinski definition) is 1. The lowest BCUT2D eigenvalue weighted by Gasteiger charge is -2.36. The van der Waals surface area contributed by atoms with Crippen LogP contribution in [0.15, 0.2) is 18.5 Å². The molecule has 0 radical (unpaired) electrons. The molecule has 1 N–H and O–H groups in total. The lowest BCUT2D eigenvalue weighted by Crippen LogP contribution is -2.46. The maximum absolute atomic E-state index is 11.7. The number of carbonyl (C=O) groups excluding carboxylic acids is 1. The molecule has 3 rings (SSSR count). The van der Waals surface area contributed by atoms with Gasteiger partial charge in [-0.25, -0.2) is 9.78 Å². The summed E-state index contributed by atoms with van der Waals surface area (Å²) in [6, 6.07) is 2.20. The van der Waals surface area contributed by atoms with Crippen molar-refractivity contribution in [1.82, 2.24) is 20.1 Å². The van der Waals surface area contributed by atoms with Gasteiger partial charge in [-0.15, -0.1) is 0 Å². The molecular formula is C15H19ClN4O2. The van der Waals surface area contributed by atoms with Crippen molar-refractivity contribution in [3.05, 3.63) is 23.6 Å². The zero-order valence-electron chi connectivity index (χ0n) is 12.8. The Kier molecular flexibility index (Phi) is 3.72. The Morgan fingerprint density at radius 3 is 2.82 bits per heavy atom. The SMILES string of the molecule is CC(C)(C)OC(=O)N[C@H]1C[C@H](n2ncc3cnc(Cl)cc32)C1. The largest absolute Gasteiger partial charge is 0.444 e. The summed E-state index contributed by atoms with van der Waals surface area (Å²) in [5.74, 6) is 0. The van der Waals surface area contributed by atoms with Gasteiger partial charge in [0.2, 0.25) is 0 Å². The van der Waals surface area contributed by atoms with E-state index in [2.05, 4.69) is 15.4 Å². The average molecular weight is 323 g/mol. The van der Waals surface area contributed by atoms with E-state index in [1.165, 1.54) is 0 Å². The normalized spacial score (nSPS) is 21.5. The summed E-state index contributed by atoms with van der Waals surface area (Å²) in [6.07, 6.45) is 4.80. The summed E-state index contributed by atoms with van der Waals surface area (Å²) in [5, 5.41) is 8.71. The topological polar surface area (TPSA) is 69.0 Å². The lowest BCUT2D eigenvalue weighted by molar-refractivity contribution is 0.0454. The molecule has 7 heteroatoms. The van der Waals surface area contributed by atoms with E-state index < -0.39 is 5.60 Å². The Morgan fingerprint density at radius 1 is 1.41 bits per heavy atom. The van der Waals surface area contributed by atoms with Crippen LogP contribution in [-0.2, 0) is 4.74 Å². The highest BCUT2D eigenvalue weighted by molar-refractivity contribution is 6.29. The Bertz CT molecular complexity index is 701. The number of nitrogens with one attached hydrogen (secondary N) is 1. The number of carbonyl (C=O) groups is 1. The van der Waals surface area contributed by atoms with Crippen molar-refractivity contribution in [2.24, 2.45) is 0 Å². The lowest BCUT2D eigenvalue weighted by atomic mass is 9.87. The number of alkyl carbamates (subject to hydrolysis) is 1. The molecule has 1 amide bonds. The maximum Gasteiger partial charge on any atom is 0.407 e. The molecule has 0 aromatic carbocycles. The molecule has 1 aliphatic carbocycles. The fraction of sp³-hybridized carbons (Fsp3) is 0.533. The van der Waals surface area contributed by atoms with Crippen molar-refractivity contribution in [1.29, 1.82) is 0 Å². The highest BCUT2D eigenvalue weighted by atomic mass is 35.5. The van der Waals surface area contributed by atoms with Crippen LogP contribution in [0.4, 0.5) is 4.79 Å². The minimum absolute atomic E-state index is 0.122. The van der Waals surface area contributed by atoms with Gasteiger partial charge < -0.3 is 10.1 Å². The third-order valence-corrected chi connectivity index (χ3v) is 3.83. The van der Waals surface area contributed by atoms with E-state index >= 15 is 0 Å². The molecule has 2 aromatic rings. The molecule has 118 valence electrons. The summed E-state index contributed by atoms with van der Waals surface area (Å²) in [5.41, 5.74) is 0.496. The Morgan fingerprint density at radius 2 is 2.14 bits per heavy atom. The van der Waals surface area contributed by atoms with Crippen LogP contribution in [0.2, 0.25) is 5.15 Å². The molecule has 6 nitrogen and oxygen atoms in total. The summed E-state index contributed by atoms with van der Waals surface area (Å²) in [7, 11) is 0. The number of hydrogen-bond acceptors (Lipinski definition) is 4. The minimum Gasteiger partial charge on any atom is -0.444 e. The first-order valence-electron chi connectivity index (χ1n) is 7.30. The van der Waals surface area contributed by atoms with Gasteiger partial charge in [0.1, 0.15) is 10.8 Å². The third kappa shape index (κ3) is 3.16. The van der Waals surface area contributed by atoms with Gasteiger partial charge in [-0.1, -0.05) is 11.6 Å². The van der Waals surface area contributed by atoms with Gasteiger partial charge in [-0.3, -0.25) is 4.68 Å². The number of ether oxygens (including phenoxy) is 1. The van der Waals surface area contributed by atoms with Crippen molar-refractivity contribution in [2.45, 2.75) is 51.3 Å². The van der Waals surface area contributed by atoms with Crippen molar-refractivity contribution in [2.75, 3.05) is 0 Å². The molecule has 2 heterocycles. The number of amides is 1. The predicted molar refractivity (Wildman–Crippen MR) is 84.0 cm³/mol. The molecule has 1 saturated carbocycles. The molecular weight excluding hydrogens is 304 g/mol. The monoisotopic (exact) mass is 322 g/mol. The van der Waals surface area contributed by atoms with Crippen molar-refractivity contribution in [3.63, 3.8) is 0 Å². The third-order valence-electron chi connectivity index (χ3n) is 3.63. The van der Waals surface area contributed by atoms with Gasteiger partial charge in [0.25, 0.3) is 0 Å². The smallest absolute Gasteiger partial charge is 0.407 e. The fourth-order valence-corrected chi connectivity index (χ4v) is 2.74. The summed E-state index contributed by atoms with van der Waals surface area (Å²) in [4.78, 5) is 15.8. The zero-order valence-corrected chi connectivity index (χ0v) is 13.6. The molecule has 0 unspecified atom stereocenters. The van der Waals surface area contributed by atoms with Gasteiger partial charge in [0.15, 0.2) is 0 Å². The van der Waals surface area contributed by atoms with Gasteiger partial charge in [0, 0.05) is 23.7 Å². The van der Waals surface area contributed by atoms with E-state index in [1.807, 2.05) is 31.5 Å². The first-order chi connectivity index (χ1) is 10.3.